The monoisotopic (exact) mass is 328 g/mol. The van der Waals surface area contributed by atoms with Gasteiger partial charge < -0.3 is 20.1 Å². The SMILES string of the molecule is C=CCc1ccc(OCC(=O)NCCCNC)c(OC)c1.Cl. The van der Waals surface area contributed by atoms with E-state index in [-0.39, 0.29) is 24.9 Å². The Bertz CT molecular complexity index is 467. The second-order valence-corrected chi connectivity index (χ2v) is 4.57. The summed E-state index contributed by atoms with van der Waals surface area (Å²) >= 11 is 0. The summed E-state index contributed by atoms with van der Waals surface area (Å²) in [7, 11) is 3.46. The fourth-order valence-electron chi connectivity index (χ4n) is 1.81. The molecule has 0 saturated carbocycles. The lowest BCUT2D eigenvalue weighted by Gasteiger charge is -2.12. The minimum Gasteiger partial charge on any atom is -0.493 e. The number of hydrogen-bond acceptors (Lipinski definition) is 4. The molecule has 0 spiro atoms. The Kier molecular flexibility index (Phi) is 11.0. The highest BCUT2D eigenvalue weighted by molar-refractivity contribution is 5.85. The van der Waals surface area contributed by atoms with E-state index in [9.17, 15) is 4.79 Å². The van der Waals surface area contributed by atoms with E-state index >= 15 is 0 Å². The van der Waals surface area contributed by atoms with Crippen LogP contribution in [0.5, 0.6) is 11.5 Å². The second kappa shape index (κ2) is 11.9. The lowest BCUT2D eigenvalue weighted by molar-refractivity contribution is -0.123. The Morgan fingerprint density at radius 1 is 1.32 bits per heavy atom. The number of methoxy groups -OCH3 is 1. The lowest BCUT2D eigenvalue weighted by Crippen LogP contribution is -2.31. The molecule has 124 valence electrons. The van der Waals surface area contributed by atoms with Gasteiger partial charge in [0.1, 0.15) is 0 Å². The number of allylic oxidation sites excluding steroid dienone is 1. The highest BCUT2D eigenvalue weighted by atomic mass is 35.5. The molecule has 5 nitrogen and oxygen atoms in total. The van der Waals surface area contributed by atoms with E-state index in [1.807, 2.05) is 31.3 Å². The van der Waals surface area contributed by atoms with Gasteiger partial charge in [0.25, 0.3) is 5.91 Å². The molecule has 1 aromatic rings. The molecule has 0 aliphatic rings. The van der Waals surface area contributed by atoms with Crippen molar-refractivity contribution >= 4 is 18.3 Å². The van der Waals surface area contributed by atoms with E-state index in [1.165, 1.54) is 0 Å². The van der Waals surface area contributed by atoms with Crippen LogP contribution in [0.1, 0.15) is 12.0 Å². The average molecular weight is 329 g/mol. The first kappa shape index (κ1) is 20.3. The third-order valence-corrected chi connectivity index (χ3v) is 2.89. The molecular weight excluding hydrogens is 304 g/mol. The molecule has 1 rings (SSSR count). The molecule has 0 fully saturated rings. The number of hydrogen-bond donors (Lipinski definition) is 2. The van der Waals surface area contributed by atoms with E-state index in [1.54, 1.807) is 7.11 Å². The summed E-state index contributed by atoms with van der Waals surface area (Å²) in [6, 6.07) is 5.64. The maximum Gasteiger partial charge on any atom is 0.257 e. The van der Waals surface area contributed by atoms with Crippen LogP contribution in [0.4, 0.5) is 0 Å². The molecule has 0 atom stereocenters. The number of benzene rings is 1. The smallest absolute Gasteiger partial charge is 0.257 e. The van der Waals surface area contributed by atoms with Crippen LogP contribution in [0.2, 0.25) is 0 Å². The van der Waals surface area contributed by atoms with Crippen LogP contribution in [0.3, 0.4) is 0 Å². The summed E-state index contributed by atoms with van der Waals surface area (Å²) in [4.78, 5) is 11.6. The summed E-state index contributed by atoms with van der Waals surface area (Å²) < 4.78 is 10.8. The van der Waals surface area contributed by atoms with Crippen molar-refractivity contribution in [3.05, 3.63) is 36.4 Å². The first-order valence-corrected chi connectivity index (χ1v) is 7.03. The first-order valence-electron chi connectivity index (χ1n) is 7.03. The van der Waals surface area contributed by atoms with Crippen LogP contribution < -0.4 is 20.1 Å². The van der Waals surface area contributed by atoms with Crippen molar-refractivity contribution in [2.45, 2.75) is 12.8 Å². The maximum atomic E-state index is 11.6. The number of amides is 1. The number of nitrogens with one attached hydrogen (secondary N) is 2. The van der Waals surface area contributed by atoms with Crippen LogP contribution in [-0.2, 0) is 11.2 Å². The molecule has 2 N–H and O–H groups in total. The molecule has 0 unspecified atom stereocenters. The van der Waals surface area contributed by atoms with Gasteiger partial charge in [-0.05, 0) is 44.1 Å². The van der Waals surface area contributed by atoms with Gasteiger partial charge in [-0.25, -0.2) is 0 Å². The average Bonchev–Trinajstić information content (AvgIpc) is 2.50. The number of halogens is 1. The Morgan fingerprint density at radius 2 is 2.09 bits per heavy atom. The van der Waals surface area contributed by atoms with Crippen molar-refractivity contribution in [1.29, 1.82) is 0 Å². The minimum absolute atomic E-state index is 0. The van der Waals surface area contributed by atoms with Gasteiger partial charge in [-0.1, -0.05) is 12.1 Å². The van der Waals surface area contributed by atoms with E-state index in [0.717, 1.165) is 24.9 Å². The Labute approximate surface area is 138 Å². The summed E-state index contributed by atoms with van der Waals surface area (Å²) in [6.45, 7) is 5.20. The molecule has 0 aromatic heterocycles. The van der Waals surface area contributed by atoms with Gasteiger partial charge in [-0.2, -0.15) is 0 Å². The van der Waals surface area contributed by atoms with Crippen molar-refractivity contribution in [2.75, 3.05) is 33.9 Å². The van der Waals surface area contributed by atoms with E-state index < -0.39 is 0 Å². The molecule has 0 heterocycles. The largest absolute Gasteiger partial charge is 0.493 e. The van der Waals surface area contributed by atoms with Crippen LogP contribution in [0.25, 0.3) is 0 Å². The summed E-state index contributed by atoms with van der Waals surface area (Å²) in [5.74, 6) is 1.05. The van der Waals surface area contributed by atoms with Crippen molar-refractivity contribution in [1.82, 2.24) is 10.6 Å². The highest BCUT2D eigenvalue weighted by Gasteiger charge is 2.08. The van der Waals surface area contributed by atoms with Crippen molar-refractivity contribution in [3.8, 4) is 11.5 Å². The Hall–Kier alpha value is -1.72. The van der Waals surface area contributed by atoms with Crippen LogP contribution in [-0.4, -0.2) is 39.8 Å². The van der Waals surface area contributed by atoms with E-state index in [0.29, 0.717) is 18.0 Å². The quantitative estimate of drug-likeness (QED) is 0.509. The number of ether oxygens (including phenoxy) is 2. The Morgan fingerprint density at radius 3 is 2.73 bits per heavy atom. The van der Waals surface area contributed by atoms with Gasteiger partial charge in [0.15, 0.2) is 18.1 Å². The zero-order chi connectivity index (χ0) is 15.5. The van der Waals surface area contributed by atoms with Crippen LogP contribution in [0, 0.1) is 0 Å². The molecule has 6 heteroatoms. The fraction of sp³-hybridized carbons (Fsp3) is 0.438. The van der Waals surface area contributed by atoms with E-state index in [2.05, 4.69) is 17.2 Å². The van der Waals surface area contributed by atoms with Gasteiger partial charge in [-0.3, -0.25) is 4.79 Å². The first-order chi connectivity index (χ1) is 10.2. The van der Waals surface area contributed by atoms with Gasteiger partial charge >= 0.3 is 0 Å². The lowest BCUT2D eigenvalue weighted by atomic mass is 10.1. The van der Waals surface area contributed by atoms with E-state index in [4.69, 9.17) is 9.47 Å². The third-order valence-electron chi connectivity index (χ3n) is 2.89. The number of carbonyl (C=O) groups is 1. The second-order valence-electron chi connectivity index (χ2n) is 4.57. The third kappa shape index (κ3) is 7.33. The Balaban J connectivity index is 0.00000441. The normalized spacial score (nSPS) is 9.55. The summed E-state index contributed by atoms with van der Waals surface area (Å²) in [6.07, 6.45) is 3.48. The molecule has 0 aliphatic heterocycles. The van der Waals surface area contributed by atoms with Gasteiger partial charge in [0.2, 0.25) is 0 Å². The van der Waals surface area contributed by atoms with Crippen molar-refractivity contribution < 1.29 is 14.3 Å². The molecule has 1 aromatic carbocycles. The zero-order valence-electron chi connectivity index (χ0n) is 13.2. The fourth-order valence-corrected chi connectivity index (χ4v) is 1.81. The molecule has 1 amide bonds. The standard InChI is InChI=1S/C16H24N2O3.ClH/c1-4-6-13-7-8-14(15(11-13)20-3)21-12-16(19)18-10-5-9-17-2;/h4,7-8,11,17H,1,5-6,9-10,12H2,2-3H3,(H,18,19);1H. The zero-order valence-corrected chi connectivity index (χ0v) is 14.0. The predicted molar refractivity (Wildman–Crippen MR) is 91.2 cm³/mol. The predicted octanol–water partition coefficient (Wildman–Crippen LogP) is 1.95. The highest BCUT2D eigenvalue weighted by Crippen LogP contribution is 2.28. The molecule has 0 aliphatic carbocycles. The molecule has 22 heavy (non-hydrogen) atoms. The topological polar surface area (TPSA) is 59.6 Å². The number of carbonyl (C=O) groups excluding carboxylic acids is 1. The molecular formula is C16H25ClN2O3. The minimum atomic E-state index is -0.136. The molecule has 0 saturated heterocycles. The summed E-state index contributed by atoms with van der Waals surface area (Å²) in [5, 5.41) is 5.82. The maximum absolute atomic E-state index is 11.6. The van der Waals surface area contributed by atoms with Crippen molar-refractivity contribution in [3.63, 3.8) is 0 Å². The van der Waals surface area contributed by atoms with Gasteiger partial charge in [0.05, 0.1) is 7.11 Å². The van der Waals surface area contributed by atoms with Crippen molar-refractivity contribution in [2.24, 2.45) is 0 Å². The molecule has 0 radical (unpaired) electrons. The van der Waals surface area contributed by atoms with Crippen LogP contribution in [0.15, 0.2) is 30.9 Å². The number of rotatable bonds is 10. The van der Waals surface area contributed by atoms with Gasteiger partial charge in [0, 0.05) is 6.54 Å². The van der Waals surface area contributed by atoms with Crippen LogP contribution >= 0.6 is 12.4 Å². The summed E-state index contributed by atoms with van der Waals surface area (Å²) in [5.41, 5.74) is 1.09. The molecule has 0 bridgehead atoms. The van der Waals surface area contributed by atoms with Gasteiger partial charge in [-0.15, -0.1) is 19.0 Å².